The maximum atomic E-state index is 5.93. The minimum Gasteiger partial charge on any atom is -0.398 e. The fourth-order valence-electron chi connectivity index (χ4n) is 1.24. The summed E-state index contributed by atoms with van der Waals surface area (Å²) in [6.07, 6.45) is 2.52. The molecule has 0 fully saturated rings. The van der Waals surface area contributed by atoms with Gasteiger partial charge in [-0.3, -0.25) is 0 Å². The van der Waals surface area contributed by atoms with Gasteiger partial charge in [-0.25, -0.2) is 0 Å². The molecule has 0 spiro atoms. The summed E-state index contributed by atoms with van der Waals surface area (Å²) in [5.74, 6) is 0. The molecule has 70 valence electrons. The van der Waals surface area contributed by atoms with Crippen LogP contribution in [0.2, 0.25) is 0 Å². The molecule has 1 rings (SSSR count). The normalized spacial score (nSPS) is 12.5. The van der Waals surface area contributed by atoms with Crippen molar-refractivity contribution < 1.29 is 0 Å². The van der Waals surface area contributed by atoms with E-state index in [1.807, 2.05) is 18.2 Å². The standard InChI is InChI=1S/C10H13BrN2/c1-2-4-8(12)10-7(11)5-3-6-9(10)13/h2-3,5-6,8H,1,4,12-13H2/t8-/m1/s1. The molecule has 0 heterocycles. The molecule has 2 nitrogen and oxygen atoms in total. The van der Waals surface area contributed by atoms with Gasteiger partial charge in [-0.1, -0.05) is 28.1 Å². The number of hydrogen-bond acceptors (Lipinski definition) is 2. The average molecular weight is 241 g/mol. The highest BCUT2D eigenvalue weighted by Crippen LogP contribution is 2.29. The summed E-state index contributed by atoms with van der Waals surface area (Å²) >= 11 is 3.42. The zero-order valence-electron chi connectivity index (χ0n) is 7.33. The van der Waals surface area contributed by atoms with Crippen LogP contribution in [0.5, 0.6) is 0 Å². The second-order valence-electron chi connectivity index (χ2n) is 2.87. The van der Waals surface area contributed by atoms with E-state index in [4.69, 9.17) is 11.5 Å². The summed E-state index contributed by atoms with van der Waals surface area (Å²) in [5, 5.41) is 0. The Labute approximate surface area is 86.7 Å². The van der Waals surface area contributed by atoms with Gasteiger partial charge in [0.1, 0.15) is 0 Å². The van der Waals surface area contributed by atoms with Crippen LogP contribution in [0.4, 0.5) is 5.69 Å². The van der Waals surface area contributed by atoms with Gasteiger partial charge in [0.15, 0.2) is 0 Å². The van der Waals surface area contributed by atoms with Crippen LogP contribution >= 0.6 is 15.9 Å². The van der Waals surface area contributed by atoms with E-state index < -0.39 is 0 Å². The second-order valence-corrected chi connectivity index (χ2v) is 3.73. The number of nitrogens with two attached hydrogens (primary N) is 2. The molecule has 0 saturated heterocycles. The van der Waals surface area contributed by atoms with Gasteiger partial charge in [0.25, 0.3) is 0 Å². The molecule has 0 amide bonds. The van der Waals surface area contributed by atoms with E-state index in [0.29, 0.717) is 0 Å². The molecule has 0 aromatic heterocycles. The van der Waals surface area contributed by atoms with Gasteiger partial charge in [-0.2, -0.15) is 0 Å². The zero-order chi connectivity index (χ0) is 9.84. The van der Waals surface area contributed by atoms with Crippen molar-refractivity contribution in [2.24, 2.45) is 5.73 Å². The van der Waals surface area contributed by atoms with Gasteiger partial charge in [-0.05, 0) is 18.6 Å². The first-order valence-corrected chi connectivity index (χ1v) is 4.86. The van der Waals surface area contributed by atoms with Crippen LogP contribution in [0.15, 0.2) is 35.3 Å². The predicted molar refractivity (Wildman–Crippen MR) is 60.3 cm³/mol. The molecule has 1 aromatic rings. The third-order valence-electron chi connectivity index (χ3n) is 1.88. The van der Waals surface area contributed by atoms with E-state index in [1.165, 1.54) is 0 Å². The highest BCUT2D eigenvalue weighted by molar-refractivity contribution is 9.10. The van der Waals surface area contributed by atoms with E-state index >= 15 is 0 Å². The van der Waals surface area contributed by atoms with Crippen LogP contribution in [-0.4, -0.2) is 0 Å². The monoisotopic (exact) mass is 240 g/mol. The number of anilines is 1. The molecule has 0 aliphatic carbocycles. The number of rotatable bonds is 3. The second kappa shape index (κ2) is 4.44. The van der Waals surface area contributed by atoms with Crippen molar-refractivity contribution in [3.05, 3.63) is 40.9 Å². The molecular formula is C10H13BrN2. The maximum Gasteiger partial charge on any atom is 0.0373 e. The lowest BCUT2D eigenvalue weighted by molar-refractivity contribution is 0.740. The average Bonchev–Trinajstić information content (AvgIpc) is 2.04. The van der Waals surface area contributed by atoms with E-state index in [1.54, 1.807) is 6.08 Å². The molecule has 0 bridgehead atoms. The SMILES string of the molecule is C=CC[C@@H](N)c1c(N)cccc1Br. The van der Waals surface area contributed by atoms with E-state index in [9.17, 15) is 0 Å². The summed E-state index contributed by atoms with van der Waals surface area (Å²) in [7, 11) is 0. The molecule has 0 aliphatic heterocycles. The Morgan fingerprint density at radius 1 is 1.54 bits per heavy atom. The number of benzene rings is 1. The highest BCUT2D eigenvalue weighted by atomic mass is 79.9. The van der Waals surface area contributed by atoms with Crippen molar-refractivity contribution >= 4 is 21.6 Å². The third-order valence-corrected chi connectivity index (χ3v) is 2.57. The molecule has 0 aliphatic rings. The van der Waals surface area contributed by atoms with E-state index in [-0.39, 0.29) is 6.04 Å². The van der Waals surface area contributed by atoms with Crippen molar-refractivity contribution in [3.63, 3.8) is 0 Å². The molecule has 4 N–H and O–H groups in total. The van der Waals surface area contributed by atoms with Crippen LogP contribution in [0.25, 0.3) is 0 Å². The molecule has 13 heavy (non-hydrogen) atoms. The zero-order valence-corrected chi connectivity index (χ0v) is 8.92. The number of hydrogen-bond donors (Lipinski definition) is 2. The number of nitrogen functional groups attached to an aromatic ring is 1. The fraction of sp³-hybridized carbons (Fsp3) is 0.200. The third kappa shape index (κ3) is 2.32. The summed E-state index contributed by atoms with van der Waals surface area (Å²) in [6, 6.07) is 5.61. The number of halogens is 1. The quantitative estimate of drug-likeness (QED) is 0.631. The molecule has 0 saturated carbocycles. The Morgan fingerprint density at radius 2 is 2.23 bits per heavy atom. The van der Waals surface area contributed by atoms with E-state index in [0.717, 1.165) is 22.1 Å². The largest absolute Gasteiger partial charge is 0.398 e. The molecule has 1 atom stereocenters. The predicted octanol–water partition coefficient (Wildman–Crippen LogP) is 2.61. The minimum absolute atomic E-state index is 0.0759. The lowest BCUT2D eigenvalue weighted by atomic mass is 10.0. The van der Waals surface area contributed by atoms with Gasteiger partial charge >= 0.3 is 0 Å². The Bertz CT molecular complexity index is 290. The van der Waals surface area contributed by atoms with Crippen LogP contribution in [0.3, 0.4) is 0 Å². The molecule has 3 heteroatoms. The van der Waals surface area contributed by atoms with Crippen molar-refractivity contribution in [2.45, 2.75) is 12.5 Å². The first-order chi connectivity index (χ1) is 6.16. The molecule has 0 unspecified atom stereocenters. The summed E-state index contributed by atoms with van der Waals surface area (Å²) in [4.78, 5) is 0. The van der Waals surface area contributed by atoms with Crippen LogP contribution in [-0.2, 0) is 0 Å². The summed E-state index contributed by atoms with van der Waals surface area (Å²) in [6.45, 7) is 3.65. The van der Waals surface area contributed by atoms with Crippen molar-refractivity contribution in [1.82, 2.24) is 0 Å². The topological polar surface area (TPSA) is 52.0 Å². The summed E-state index contributed by atoms with van der Waals surface area (Å²) in [5.41, 5.74) is 13.4. The van der Waals surface area contributed by atoms with Crippen LogP contribution in [0.1, 0.15) is 18.0 Å². The Kier molecular flexibility index (Phi) is 3.51. The van der Waals surface area contributed by atoms with Crippen molar-refractivity contribution in [1.29, 1.82) is 0 Å². The molecule has 1 aromatic carbocycles. The van der Waals surface area contributed by atoms with E-state index in [2.05, 4.69) is 22.5 Å². The van der Waals surface area contributed by atoms with Crippen molar-refractivity contribution in [3.8, 4) is 0 Å². The minimum atomic E-state index is -0.0759. The van der Waals surface area contributed by atoms with Gasteiger partial charge in [0, 0.05) is 21.8 Å². The van der Waals surface area contributed by atoms with Gasteiger partial charge < -0.3 is 11.5 Å². The highest BCUT2D eigenvalue weighted by Gasteiger charge is 2.10. The maximum absolute atomic E-state index is 5.93. The smallest absolute Gasteiger partial charge is 0.0373 e. The molecule has 0 radical (unpaired) electrons. The van der Waals surface area contributed by atoms with Crippen LogP contribution < -0.4 is 11.5 Å². The van der Waals surface area contributed by atoms with Gasteiger partial charge in [0.2, 0.25) is 0 Å². The van der Waals surface area contributed by atoms with Gasteiger partial charge in [-0.15, -0.1) is 6.58 Å². The van der Waals surface area contributed by atoms with Gasteiger partial charge in [0.05, 0.1) is 0 Å². The van der Waals surface area contributed by atoms with Crippen molar-refractivity contribution in [2.75, 3.05) is 5.73 Å². The lowest BCUT2D eigenvalue weighted by Gasteiger charge is -2.14. The first-order valence-electron chi connectivity index (χ1n) is 4.07. The first kappa shape index (κ1) is 10.3. The molecular weight excluding hydrogens is 228 g/mol. The Hall–Kier alpha value is -0.800. The summed E-state index contributed by atoms with van der Waals surface area (Å²) < 4.78 is 0.960. The Morgan fingerprint density at radius 3 is 2.77 bits per heavy atom. The lowest BCUT2D eigenvalue weighted by Crippen LogP contribution is -2.12. The van der Waals surface area contributed by atoms with Crippen LogP contribution in [0, 0.1) is 0 Å². The fourth-order valence-corrected chi connectivity index (χ4v) is 1.92. The Balaban J connectivity index is 3.04.